The first-order chi connectivity index (χ1) is 13.2. The van der Waals surface area contributed by atoms with E-state index in [0.717, 1.165) is 0 Å². The summed E-state index contributed by atoms with van der Waals surface area (Å²) in [6.45, 7) is 3.12. The van der Waals surface area contributed by atoms with Gasteiger partial charge in [-0.25, -0.2) is 13.7 Å². The molecular weight excluding hydrogens is 461 g/mol. The van der Waals surface area contributed by atoms with Crippen LogP contribution in [0.1, 0.15) is 12.8 Å². The second kappa shape index (κ2) is 8.96. The summed E-state index contributed by atoms with van der Waals surface area (Å²) >= 11 is 0. The van der Waals surface area contributed by atoms with Gasteiger partial charge in [-0.15, -0.1) is 0 Å². The normalized spacial score (nSPS) is 27.1. The minimum atomic E-state index is -5.58. The largest absolute Gasteiger partial charge is 0.490 e. The Bertz CT molecular complexity index is 838. The van der Waals surface area contributed by atoms with Crippen LogP contribution in [0.4, 0.5) is 0 Å². The smallest absolute Gasteiger partial charge is 0.490 e. The molecule has 2 rings (SSSR count). The molecule has 29 heavy (non-hydrogen) atoms. The Hall–Kier alpha value is -1.08. The predicted octanol–water partition coefficient (Wildman–Crippen LogP) is 0.226. The van der Waals surface area contributed by atoms with Gasteiger partial charge in [-0.05, 0) is 12.8 Å². The van der Waals surface area contributed by atoms with E-state index in [2.05, 4.69) is 25.0 Å². The molecule has 4 atom stereocenters. The van der Waals surface area contributed by atoms with Gasteiger partial charge in [0.2, 0.25) is 5.76 Å². The lowest BCUT2D eigenvalue weighted by Gasteiger charge is -2.32. The van der Waals surface area contributed by atoms with Crippen LogP contribution in [-0.2, 0) is 41.1 Å². The molecule has 0 bridgehead atoms. The van der Waals surface area contributed by atoms with E-state index < -0.39 is 48.3 Å². The summed E-state index contributed by atoms with van der Waals surface area (Å²) in [6, 6.07) is 0. The molecule has 0 aromatic carbocycles. The summed E-state index contributed by atoms with van der Waals surface area (Å²) in [7, 11) is -15.0. The number of nitrogens with one attached hydrogen (secondary N) is 1. The first-order valence-electron chi connectivity index (χ1n) is 7.69. The van der Waals surface area contributed by atoms with Crippen molar-refractivity contribution in [3.05, 3.63) is 24.4 Å². The first kappa shape index (κ1) is 24.2. The van der Waals surface area contributed by atoms with Crippen molar-refractivity contribution in [1.82, 2.24) is 10.2 Å². The molecule has 2 heterocycles. The van der Waals surface area contributed by atoms with E-state index in [1.807, 2.05) is 0 Å². The van der Waals surface area contributed by atoms with E-state index >= 15 is 0 Å². The molecule has 2 unspecified atom stereocenters. The minimum absolute atomic E-state index is 0.0118. The molecule has 166 valence electrons. The maximum Gasteiger partial charge on any atom is 0.490 e. The summed E-state index contributed by atoms with van der Waals surface area (Å²) < 4.78 is 55.9. The molecule has 0 spiro atoms. The van der Waals surface area contributed by atoms with Gasteiger partial charge in [-0.3, -0.25) is 9.32 Å². The van der Waals surface area contributed by atoms with Crippen molar-refractivity contribution in [2.24, 2.45) is 0 Å². The van der Waals surface area contributed by atoms with E-state index in [0.29, 0.717) is 12.8 Å². The molecule has 15 nitrogen and oxygen atoms in total. The Kier molecular flexibility index (Phi) is 7.48. The number of hydrogen-bond donors (Lipinski definition) is 5. The molecule has 2 aliphatic heterocycles. The number of nitrogens with zero attached hydrogens (tertiary/aromatic N) is 1. The monoisotopic (exact) mass is 480 g/mol. The fourth-order valence-electron chi connectivity index (χ4n) is 2.42. The molecule has 0 radical (unpaired) electrons. The molecule has 0 aromatic rings. The molecule has 1 saturated heterocycles. The van der Waals surface area contributed by atoms with Gasteiger partial charge in [-0.2, -0.15) is 8.62 Å². The molecule has 0 aromatic heterocycles. The van der Waals surface area contributed by atoms with E-state index in [9.17, 15) is 23.4 Å². The maximum atomic E-state index is 11.7. The Morgan fingerprint density at radius 2 is 1.86 bits per heavy atom. The van der Waals surface area contributed by atoms with Gasteiger partial charge in [0.25, 0.3) is 5.91 Å². The molecule has 18 heteroatoms. The van der Waals surface area contributed by atoms with Crippen LogP contribution < -0.4 is 5.32 Å². The van der Waals surface area contributed by atoms with Crippen LogP contribution in [0, 0.1) is 0 Å². The molecule has 1 amide bonds. The van der Waals surface area contributed by atoms with Gasteiger partial charge in [-0.1, -0.05) is 6.58 Å². The maximum absolute atomic E-state index is 11.7. The van der Waals surface area contributed by atoms with Crippen LogP contribution in [0.2, 0.25) is 0 Å². The lowest BCUT2D eigenvalue weighted by molar-refractivity contribution is -0.122. The molecule has 1 fully saturated rings. The summed E-state index contributed by atoms with van der Waals surface area (Å²) in [5.41, 5.74) is 0. The number of carbonyl (C=O) groups excluding carboxylic acids is 1. The lowest BCUT2D eigenvalue weighted by Crippen LogP contribution is -2.43. The standard InChI is InChI=1S/C11H19N2O13P3/c1-7-12-11(14)9(22-2)5-13(7)10-4-3-8(24-10)6-23-28(18,19)26-29(20,21)25-27(15,16)17/h5,8,10H,1,3-4,6H2,2H3,(H,12,14)(H,18,19)(H,20,21)(H2,15,16,17)/t8-,10+/m0/s1. The van der Waals surface area contributed by atoms with E-state index in [1.54, 1.807) is 0 Å². The zero-order valence-electron chi connectivity index (χ0n) is 14.8. The van der Waals surface area contributed by atoms with Crippen molar-refractivity contribution < 1.29 is 60.7 Å². The Morgan fingerprint density at radius 3 is 2.45 bits per heavy atom. The fourth-order valence-corrected chi connectivity index (χ4v) is 5.47. The van der Waals surface area contributed by atoms with Gasteiger partial charge >= 0.3 is 23.5 Å². The minimum Gasteiger partial charge on any atom is -0.490 e. The highest BCUT2D eigenvalue weighted by atomic mass is 31.3. The van der Waals surface area contributed by atoms with E-state index in [1.165, 1.54) is 18.2 Å². The zero-order chi connectivity index (χ0) is 22.0. The molecule has 0 saturated carbocycles. The summed E-state index contributed by atoms with van der Waals surface area (Å²) in [6.07, 6.45) is 0.718. The Labute approximate surface area is 164 Å². The van der Waals surface area contributed by atoms with Crippen molar-refractivity contribution in [2.75, 3.05) is 13.7 Å². The molecule has 2 aliphatic rings. The summed E-state index contributed by atoms with van der Waals surface area (Å²) in [5, 5.41) is 2.47. The third-order valence-electron chi connectivity index (χ3n) is 3.50. The predicted molar refractivity (Wildman–Crippen MR) is 91.9 cm³/mol. The number of methoxy groups -OCH3 is 1. The quantitative estimate of drug-likeness (QED) is 0.280. The van der Waals surface area contributed by atoms with Crippen LogP contribution in [0.25, 0.3) is 0 Å². The van der Waals surface area contributed by atoms with Gasteiger partial charge < -0.3 is 39.3 Å². The van der Waals surface area contributed by atoms with Crippen molar-refractivity contribution in [1.29, 1.82) is 0 Å². The van der Waals surface area contributed by atoms with E-state index in [-0.39, 0.29) is 11.6 Å². The summed E-state index contributed by atoms with van der Waals surface area (Å²) in [5.74, 6) is -0.261. The van der Waals surface area contributed by atoms with Crippen molar-refractivity contribution in [3.63, 3.8) is 0 Å². The average molecular weight is 480 g/mol. The van der Waals surface area contributed by atoms with Crippen LogP contribution in [0.5, 0.6) is 0 Å². The third-order valence-corrected chi connectivity index (χ3v) is 7.31. The number of carbonyl (C=O) groups is 1. The van der Waals surface area contributed by atoms with Crippen LogP contribution in [0.3, 0.4) is 0 Å². The number of amides is 1. The number of rotatable bonds is 9. The van der Waals surface area contributed by atoms with Crippen LogP contribution in [-0.4, -0.2) is 56.4 Å². The van der Waals surface area contributed by atoms with Gasteiger partial charge in [0, 0.05) is 0 Å². The molecule has 0 aliphatic carbocycles. The van der Waals surface area contributed by atoms with Crippen molar-refractivity contribution in [3.8, 4) is 0 Å². The zero-order valence-corrected chi connectivity index (χ0v) is 17.5. The highest BCUT2D eigenvalue weighted by molar-refractivity contribution is 7.66. The lowest BCUT2D eigenvalue weighted by atomic mass is 10.2. The second-order valence-corrected chi connectivity index (χ2v) is 10.1. The van der Waals surface area contributed by atoms with Crippen LogP contribution >= 0.6 is 23.5 Å². The topological polar surface area (TPSA) is 211 Å². The highest BCUT2D eigenvalue weighted by Crippen LogP contribution is 2.66. The Balaban J connectivity index is 1.91. The van der Waals surface area contributed by atoms with Gasteiger partial charge in [0.1, 0.15) is 12.0 Å². The average Bonchev–Trinajstić information content (AvgIpc) is 2.98. The number of hydrogen-bond acceptors (Lipinski definition) is 10. The van der Waals surface area contributed by atoms with Crippen LogP contribution in [0.15, 0.2) is 24.4 Å². The Morgan fingerprint density at radius 1 is 1.21 bits per heavy atom. The van der Waals surface area contributed by atoms with Crippen molar-refractivity contribution in [2.45, 2.75) is 25.2 Å². The summed E-state index contributed by atoms with van der Waals surface area (Å²) in [4.78, 5) is 48.6. The molecular formula is C11H19N2O13P3. The van der Waals surface area contributed by atoms with Crippen molar-refractivity contribution >= 4 is 29.4 Å². The SMILES string of the molecule is C=C1NC(=O)C(OC)=CN1[C@H]1CC[C@@H](COP(=O)(O)OP(=O)(O)OP(=O)(O)O)O1. The van der Waals surface area contributed by atoms with Gasteiger partial charge in [0.15, 0.2) is 0 Å². The number of ether oxygens (including phenoxy) is 2. The first-order valence-corrected chi connectivity index (χ1v) is 12.2. The highest BCUT2D eigenvalue weighted by Gasteiger charge is 2.42. The fraction of sp³-hybridized carbons (Fsp3) is 0.545. The second-order valence-electron chi connectivity index (χ2n) is 5.68. The molecule has 5 N–H and O–H groups in total. The number of phosphoric acid groups is 3. The third kappa shape index (κ3) is 7.28. The van der Waals surface area contributed by atoms with Gasteiger partial charge in [0.05, 0.1) is 26.0 Å². The van der Waals surface area contributed by atoms with E-state index in [4.69, 9.17) is 24.2 Å². The number of phosphoric ester groups is 1.